The quantitative estimate of drug-likeness (QED) is 0.788. The van der Waals surface area contributed by atoms with Crippen LogP contribution in [-0.4, -0.2) is 30.0 Å². The van der Waals surface area contributed by atoms with Crippen molar-refractivity contribution in [2.24, 2.45) is 0 Å². The van der Waals surface area contributed by atoms with Crippen molar-refractivity contribution in [2.45, 2.75) is 13.1 Å². The van der Waals surface area contributed by atoms with Crippen molar-refractivity contribution in [3.8, 4) is 0 Å². The minimum atomic E-state index is -0.557. The molecule has 1 N–H and O–H groups in total. The molecule has 1 aromatic carbocycles. The third kappa shape index (κ3) is 3.61. The van der Waals surface area contributed by atoms with Crippen LogP contribution in [0.4, 0.5) is 8.78 Å². The second kappa shape index (κ2) is 7.12. The molecule has 2 aromatic rings. The highest BCUT2D eigenvalue weighted by Gasteiger charge is 2.11. The molecule has 0 aliphatic carbocycles. The Balaban J connectivity index is 2.05. The SMILES string of the molecule is COCCNCc1ccnn1Cc1c(F)cccc1F. The minimum absolute atomic E-state index is 0.0225. The molecule has 0 unspecified atom stereocenters. The maximum absolute atomic E-state index is 13.6. The highest BCUT2D eigenvalue weighted by atomic mass is 19.1. The molecule has 0 aliphatic heterocycles. The van der Waals surface area contributed by atoms with Gasteiger partial charge in [0.15, 0.2) is 0 Å². The summed E-state index contributed by atoms with van der Waals surface area (Å²) >= 11 is 0. The van der Waals surface area contributed by atoms with Crippen molar-refractivity contribution < 1.29 is 13.5 Å². The van der Waals surface area contributed by atoms with E-state index in [2.05, 4.69) is 10.4 Å². The summed E-state index contributed by atoms with van der Waals surface area (Å²) in [6, 6.07) is 5.67. The molecule has 2 rings (SSSR count). The number of benzene rings is 1. The van der Waals surface area contributed by atoms with Crippen molar-refractivity contribution in [1.29, 1.82) is 0 Å². The highest BCUT2D eigenvalue weighted by Crippen LogP contribution is 2.14. The Morgan fingerprint density at radius 2 is 2.00 bits per heavy atom. The van der Waals surface area contributed by atoms with Gasteiger partial charge in [-0.3, -0.25) is 4.68 Å². The lowest BCUT2D eigenvalue weighted by atomic mass is 10.2. The number of hydrogen-bond donors (Lipinski definition) is 1. The fourth-order valence-corrected chi connectivity index (χ4v) is 1.88. The molecular weight excluding hydrogens is 264 g/mol. The number of methoxy groups -OCH3 is 1. The van der Waals surface area contributed by atoms with Crippen LogP contribution in [0.3, 0.4) is 0 Å². The third-order valence-corrected chi connectivity index (χ3v) is 2.96. The molecule has 1 heterocycles. The smallest absolute Gasteiger partial charge is 0.131 e. The number of aromatic nitrogens is 2. The predicted molar refractivity (Wildman–Crippen MR) is 71.3 cm³/mol. The molecule has 1 aromatic heterocycles. The van der Waals surface area contributed by atoms with Gasteiger partial charge >= 0.3 is 0 Å². The van der Waals surface area contributed by atoms with Gasteiger partial charge in [-0.1, -0.05) is 6.07 Å². The van der Waals surface area contributed by atoms with Gasteiger partial charge in [0.25, 0.3) is 0 Å². The summed E-state index contributed by atoms with van der Waals surface area (Å²) in [6.07, 6.45) is 1.62. The van der Waals surface area contributed by atoms with Gasteiger partial charge in [-0.15, -0.1) is 0 Å². The normalized spacial score (nSPS) is 10.9. The number of halogens is 2. The van der Waals surface area contributed by atoms with Crippen molar-refractivity contribution in [3.05, 3.63) is 53.4 Å². The van der Waals surface area contributed by atoms with Crippen LogP contribution < -0.4 is 5.32 Å². The van der Waals surface area contributed by atoms with Gasteiger partial charge in [0.1, 0.15) is 11.6 Å². The first-order valence-corrected chi connectivity index (χ1v) is 6.35. The molecule has 0 bridgehead atoms. The molecule has 0 amide bonds. The van der Waals surface area contributed by atoms with Crippen LogP contribution in [-0.2, 0) is 17.8 Å². The van der Waals surface area contributed by atoms with Crippen molar-refractivity contribution in [2.75, 3.05) is 20.3 Å². The highest BCUT2D eigenvalue weighted by molar-refractivity contribution is 5.20. The average molecular weight is 281 g/mol. The lowest BCUT2D eigenvalue weighted by Gasteiger charge is -2.10. The zero-order valence-electron chi connectivity index (χ0n) is 11.3. The summed E-state index contributed by atoms with van der Waals surface area (Å²) in [7, 11) is 1.63. The van der Waals surface area contributed by atoms with Gasteiger partial charge in [-0.25, -0.2) is 8.78 Å². The zero-order valence-corrected chi connectivity index (χ0v) is 11.3. The molecule has 108 valence electrons. The van der Waals surface area contributed by atoms with E-state index in [0.29, 0.717) is 19.7 Å². The van der Waals surface area contributed by atoms with Crippen molar-refractivity contribution >= 4 is 0 Å². The van der Waals surface area contributed by atoms with Crippen LogP contribution in [0.25, 0.3) is 0 Å². The van der Waals surface area contributed by atoms with Crippen LogP contribution in [0.15, 0.2) is 30.5 Å². The van der Waals surface area contributed by atoms with Crippen molar-refractivity contribution in [1.82, 2.24) is 15.1 Å². The Morgan fingerprint density at radius 3 is 2.70 bits per heavy atom. The molecule has 0 saturated heterocycles. The van der Waals surface area contributed by atoms with Gasteiger partial charge in [0, 0.05) is 32.0 Å². The predicted octanol–water partition coefficient (Wildman–Crippen LogP) is 1.95. The van der Waals surface area contributed by atoms with Crippen LogP contribution in [0, 0.1) is 11.6 Å². The molecule has 20 heavy (non-hydrogen) atoms. The lowest BCUT2D eigenvalue weighted by molar-refractivity contribution is 0.199. The summed E-state index contributed by atoms with van der Waals surface area (Å²) in [4.78, 5) is 0. The zero-order chi connectivity index (χ0) is 14.4. The first-order valence-electron chi connectivity index (χ1n) is 6.35. The first kappa shape index (κ1) is 14.6. The van der Waals surface area contributed by atoms with E-state index in [0.717, 1.165) is 5.69 Å². The molecular formula is C14H17F2N3O. The van der Waals surface area contributed by atoms with E-state index in [1.165, 1.54) is 18.2 Å². The van der Waals surface area contributed by atoms with Crippen LogP contribution in [0.2, 0.25) is 0 Å². The maximum Gasteiger partial charge on any atom is 0.131 e. The summed E-state index contributed by atoms with van der Waals surface area (Å²) in [5.41, 5.74) is 0.887. The van der Waals surface area contributed by atoms with Gasteiger partial charge in [0.2, 0.25) is 0 Å². The summed E-state index contributed by atoms with van der Waals surface area (Å²) in [6.45, 7) is 1.96. The number of nitrogens with one attached hydrogen (secondary N) is 1. The Morgan fingerprint density at radius 1 is 1.25 bits per heavy atom. The van der Waals surface area contributed by atoms with Gasteiger partial charge in [-0.2, -0.15) is 5.10 Å². The molecule has 0 atom stereocenters. The first-order chi connectivity index (χ1) is 9.72. The van der Waals surface area contributed by atoms with Crippen LogP contribution in [0.1, 0.15) is 11.3 Å². The average Bonchev–Trinajstić information content (AvgIpc) is 2.87. The summed E-state index contributed by atoms with van der Waals surface area (Å²) < 4.78 is 33.7. The monoisotopic (exact) mass is 281 g/mol. The fourth-order valence-electron chi connectivity index (χ4n) is 1.88. The largest absolute Gasteiger partial charge is 0.383 e. The number of rotatable bonds is 7. The van der Waals surface area contributed by atoms with E-state index in [4.69, 9.17) is 4.74 Å². The molecule has 0 aliphatic rings. The second-order valence-electron chi connectivity index (χ2n) is 4.35. The Bertz CT molecular complexity index is 537. The van der Waals surface area contributed by atoms with Gasteiger partial charge in [0.05, 0.1) is 18.8 Å². The third-order valence-electron chi connectivity index (χ3n) is 2.96. The number of hydrogen-bond acceptors (Lipinski definition) is 3. The second-order valence-corrected chi connectivity index (χ2v) is 4.35. The van der Waals surface area contributed by atoms with Gasteiger partial charge in [-0.05, 0) is 18.2 Å². The summed E-state index contributed by atoms with van der Waals surface area (Å²) in [5, 5.41) is 7.28. The fraction of sp³-hybridized carbons (Fsp3) is 0.357. The van der Waals surface area contributed by atoms with Gasteiger partial charge < -0.3 is 10.1 Å². The van der Waals surface area contributed by atoms with Crippen LogP contribution >= 0.6 is 0 Å². The van der Waals surface area contributed by atoms with E-state index in [1.54, 1.807) is 18.0 Å². The number of ether oxygens (including phenoxy) is 1. The lowest BCUT2D eigenvalue weighted by Crippen LogP contribution is -2.21. The molecule has 0 fully saturated rings. The molecule has 0 radical (unpaired) electrons. The molecule has 6 heteroatoms. The standard InChI is InChI=1S/C14H17F2N3O/c1-20-8-7-17-9-11-5-6-18-19(11)10-12-13(15)3-2-4-14(12)16/h2-6,17H,7-10H2,1H3. The summed E-state index contributed by atoms with van der Waals surface area (Å²) in [5.74, 6) is -1.11. The van der Waals surface area contributed by atoms with Crippen molar-refractivity contribution in [3.63, 3.8) is 0 Å². The minimum Gasteiger partial charge on any atom is -0.383 e. The van der Waals surface area contributed by atoms with E-state index in [9.17, 15) is 8.78 Å². The van der Waals surface area contributed by atoms with E-state index < -0.39 is 11.6 Å². The van der Waals surface area contributed by atoms with E-state index >= 15 is 0 Å². The Kier molecular flexibility index (Phi) is 5.20. The number of nitrogens with zero attached hydrogens (tertiary/aromatic N) is 2. The van der Waals surface area contributed by atoms with Crippen LogP contribution in [0.5, 0.6) is 0 Å². The van der Waals surface area contributed by atoms with E-state index in [1.807, 2.05) is 6.07 Å². The molecule has 4 nitrogen and oxygen atoms in total. The Labute approximate surface area is 116 Å². The van der Waals surface area contributed by atoms with E-state index in [-0.39, 0.29) is 12.1 Å². The Hall–Kier alpha value is -1.79. The maximum atomic E-state index is 13.6. The molecule has 0 spiro atoms. The molecule has 0 saturated carbocycles. The topological polar surface area (TPSA) is 39.1 Å².